The van der Waals surface area contributed by atoms with Crippen molar-refractivity contribution in [1.29, 1.82) is 0 Å². The Labute approximate surface area is 251 Å². The lowest BCUT2D eigenvalue weighted by molar-refractivity contribution is -0.973. The second kappa shape index (κ2) is 26.4. The smallest absolute Gasteiger partial charge is 0.190 e. The number of unbranched alkanes of at least 4 members (excludes halogenated alkanes) is 18. The zero-order valence-corrected chi connectivity index (χ0v) is 27.9. The van der Waals surface area contributed by atoms with Gasteiger partial charge in [-0.25, -0.2) is 0 Å². The Balaban J connectivity index is 2.18. The van der Waals surface area contributed by atoms with Gasteiger partial charge in [0, 0.05) is 20.0 Å². The predicted molar refractivity (Wildman–Crippen MR) is 175 cm³/mol. The number of hydrogen-bond donors (Lipinski definition) is 1. The summed E-state index contributed by atoms with van der Waals surface area (Å²) in [6, 6.07) is 0. The molecule has 0 radical (unpaired) electrons. The highest BCUT2D eigenvalue weighted by molar-refractivity contribution is 4.67. The molecule has 0 aromatic rings. The van der Waals surface area contributed by atoms with Crippen LogP contribution in [0.1, 0.15) is 163 Å². The van der Waals surface area contributed by atoms with Gasteiger partial charge in [-0.1, -0.05) is 129 Å². The summed E-state index contributed by atoms with van der Waals surface area (Å²) < 4.78 is 13.8. The maximum absolute atomic E-state index is 6.48. The van der Waals surface area contributed by atoms with E-state index in [0.717, 1.165) is 63.4 Å². The molecule has 2 unspecified atom stereocenters. The molecular weight excluding hydrogens is 494 g/mol. The van der Waals surface area contributed by atoms with Crippen LogP contribution in [0.2, 0.25) is 0 Å². The quantitative estimate of drug-likeness (QED) is 0.0722. The predicted octanol–water partition coefficient (Wildman–Crippen LogP) is 9.03. The number of quaternary nitrogens is 1. The molecule has 0 aromatic heterocycles. The van der Waals surface area contributed by atoms with E-state index in [4.69, 9.17) is 15.2 Å². The Bertz CT molecular complexity index is 525. The van der Waals surface area contributed by atoms with Crippen LogP contribution in [-0.4, -0.2) is 74.3 Å². The number of nitrogens with zero attached hydrogens (tertiary/aromatic N) is 2. The maximum Gasteiger partial charge on any atom is 0.190 e. The lowest BCUT2D eigenvalue weighted by atomic mass is 10.1. The van der Waals surface area contributed by atoms with Gasteiger partial charge in [-0.05, 0) is 26.3 Å². The molecule has 0 aliphatic carbocycles. The molecule has 1 heterocycles. The third-order valence-electron chi connectivity index (χ3n) is 9.47. The van der Waals surface area contributed by atoms with Crippen molar-refractivity contribution < 1.29 is 14.0 Å². The fourth-order valence-electron chi connectivity index (χ4n) is 6.37. The molecule has 5 nitrogen and oxygen atoms in total. The molecule has 5 heteroatoms. The number of piperazine rings is 1. The Kier molecular flexibility index (Phi) is 25.0. The van der Waals surface area contributed by atoms with Gasteiger partial charge in [0.25, 0.3) is 0 Å². The maximum atomic E-state index is 6.48. The summed E-state index contributed by atoms with van der Waals surface area (Å²) in [7, 11) is 0. The van der Waals surface area contributed by atoms with E-state index in [1.807, 2.05) is 0 Å². The molecular formula is C35H74N3O2+. The van der Waals surface area contributed by atoms with Crippen molar-refractivity contribution in [2.75, 3.05) is 52.5 Å². The standard InChI is InChI=1S/C35H74N3O2/c1-5-7-9-11-13-15-17-19-21-23-32-39-34(3)37-27-30-38(31-28-37,29-25-26-36)35(4)40-33-24-22-20-18-16-14-12-10-8-6-2/h34-35H,5-33,36H2,1-4H3/q+1. The van der Waals surface area contributed by atoms with Crippen molar-refractivity contribution in [2.45, 2.75) is 175 Å². The van der Waals surface area contributed by atoms with Gasteiger partial charge in [0.15, 0.2) is 6.23 Å². The van der Waals surface area contributed by atoms with Crippen LogP contribution in [0.4, 0.5) is 0 Å². The molecule has 1 saturated heterocycles. The van der Waals surface area contributed by atoms with Crippen LogP contribution in [0.15, 0.2) is 0 Å². The SMILES string of the molecule is CCCCCCCCCCCCOC(C)N1CC[N+](CCCN)(C(C)OCCCCCCCCCCCC)CC1. The minimum absolute atomic E-state index is 0.221. The van der Waals surface area contributed by atoms with E-state index >= 15 is 0 Å². The summed E-state index contributed by atoms with van der Waals surface area (Å²) in [5.74, 6) is 0. The summed E-state index contributed by atoms with van der Waals surface area (Å²) in [6.07, 6.45) is 29.0. The molecule has 1 aliphatic heterocycles. The second-order valence-corrected chi connectivity index (χ2v) is 12.9. The first-order valence-corrected chi connectivity index (χ1v) is 18.1. The molecule has 240 valence electrons. The first-order valence-electron chi connectivity index (χ1n) is 18.1. The average Bonchev–Trinajstić information content (AvgIpc) is 2.97. The molecule has 0 bridgehead atoms. The Morgan fingerprint density at radius 3 is 1.40 bits per heavy atom. The molecule has 2 N–H and O–H groups in total. The van der Waals surface area contributed by atoms with E-state index in [2.05, 4.69) is 32.6 Å². The van der Waals surface area contributed by atoms with Crippen molar-refractivity contribution in [3.63, 3.8) is 0 Å². The third kappa shape index (κ3) is 18.4. The van der Waals surface area contributed by atoms with Crippen LogP contribution in [-0.2, 0) is 9.47 Å². The van der Waals surface area contributed by atoms with Crippen LogP contribution in [0.25, 0.3) is 0 Å². The summed E-state index contributed by atoms with van der Waals surface area (Å²) in [5.41, 5.74) is 5.94. The van der Waals surface area contributed by atoms with Gasteiger partial charge in [0.1, 0.15) is 6.23 Å². The highest BCUT2D eigenvalue weighted by Gasteiger charge is 2.39. The summed E-state index contributed by atoms with van der Waals surface area (Å²) in [6.45, 7) is 17.3. The molecule has 0 saturated carbocycles. The summed E-state index contributed by atoms with van der Waals surface area (Å²) in [4.78, 5) is 2.55. The lowest BCUT2D eigenvalue weighted by Crippen LogP contribution is -2.65. The van der Waals surface area contributed by atoms with Crippen molar-refractivity contribution in [3.05, 3.63) is 0 Å². The Hall–Kier alpha value is -0.200. The highest BCUT2D eigenvalue weighted by atomic mass is 16.5. The highest BCUT2D eigenvalue weighted by Crippen LogP contribution is 2.22. The molecule has 2 atom stereocenters. The first-order chi connectivity index (χ1) is 19.6. The average molecular weight is 569 g/mol. The second-order valence-electron chi connectivity index (χ2n) is 12.9. The first kappa shape index (κ1) is 37.8. The summed E-state index contributed by atoms with van der Waals surface area (Å²) in [5, 5.41) is 0. The molecule has 40 heavy (non-hydrogen) atoms. The molecule has 0 amide bonds. The fraction of sp³-hybridized carbons (Fsp3) is 1.00. The Morgan fingerprint density at radius 2 is 0.975 bits per heavy atom. The molecule has 1 rings (SSSR count). The van der Waals surface area contributed by atoms with E-state index in [0.29, 0.717) is 0 Å². The van der Waals surface area contributed by atoms with Gasteiger partial charge in [0.05, 0.1) is 39.3 Å². The van der Waals surface area contributed by atoms with Crippen LogP contribution >= 0.6 is 0 Å². The van der Waals surface area contributed by atoms with Crippen LogP contribution < -0.4 is 5.73 Å². The van der Waals surface area contributed by atoms with Gasteiger partial charge in [-0.2, -0.15) is 0 Å². The lowest BCUT2D eigenvalue weighted by Gasteiger charge is -2.49. The molecule has 1 fully saturated rings. The van der Waals surface area contributed by atoms with E-state index in [9.17, 15) is 0 Å². The molecule has 1 aliphatic rings. The monoisotopic (exact) mass is 569 g/mol. The van der Waals surface area contributed by atoms with E-state index < -0.39 is 0 Å². The third-order valence-corrected chi connectivity index (χ3v) is 9.47. The number of hydrogen-bond acceptors (Lipinski definition) is 4. The van der Waals surface area contributed by atoms with Crippen LogP contribution in [0.5, 0.6) is 0 Å². The van der Waals surface area contributed by atoms with Gasteiger partial charge >= 0.3 is 0 Å². The van der Waals surface area contributed by atoms with Gasteiger partial charge < -0.3 is 15.2 Å². The normalized spacial score (nSPS) is 17.3. The zero-order chi connectivity index (χ0) is 29.2. The van der Waals surface area contributed by atoms with Crippen molar-refractivity contribution in [1.82, 2.24) is 4.90 Å². The van der Waals surface area contributed by atoms with Crippen molar-refractivity contribution >= 4 is 0 Å². The minimum atomic E-state index is 0.221. The zero-order valence-electron chi connectivity index (χ0n) is 27.9. The number of rotatable bonds is 29. The van der Waals surface area contributed by atoms with E-state index in [1.54, 1.807) is 0 Å². The van der Waals surface area contributed by atoms with Gasteiger partial charge in [-0.15, -0.1) is 0 Å². The largest absolute Gasteiger partial charge is 0.363 e. The number of nitrogens with two attached hydrogens (primary N) is 1. The summed E-state index contributed by atoms with van der Waals surface area (Å²) >= 11 is 0. The van der Waals surface area contributed by atoms with Crippen LogP contribution in [0.3, 0.4) is 0 Å². The van der Waals surface area contributed by atoms with Crippen LogP contribution in [0, 0.1) is 0 Å². The topological polar surface area (TPSA) is 47.7 Å². The van der Waals surface area contributed by atoms with E-state index in [1.165, 1.54) is 128 Å². The fourth-order valence-corrected chi connectivity index (χ4v) is 6.37. The van der Waals surface area contributed by atoms with E-state index in [-0.39, 0.29) is 12.5 Å². The molecule has 0 spiro atoms. The van der Waals surface area contributed by atoms with Crippen molar-refractivity contribution in [3.8, 4) is 0 Å². The Morgan fingerprint density at radius 1 is 0.575 bits per heavy atom. The molecule has 0 aromatic carbocycles. The number of ether oxygens (including phenoxy) is 2. The van der Waals surface area contributed by atoms with Gasteiger partial charge in [0.2, 0.25) is 0 Å². The van der Waals surface area contributed by atoms with Crippen molar-refractivity contribution in [2.24, 2.45) is 5.73 Å². The minimum Gasteiger partial charge on any atom is -0.363 e. The van der Waals surface area contributed by atoms with Gasteiger partial charge in [-0.3, -0.25) is 9.38 Å².